The number of aromatic carboxylic acids is 1. The first-order chi connectivity index (χ1) is 10.5. The molecule has 0 aliphatic carbocycles. The number of halogens is 2. The van der Waals surface area contributed by atoms with Gasteiger partial charge in [0.2, 0.25) is 0 Å². The summed E-state index contributed by atoms with van der Waals surface area (Å²) in [6.07, 6.45) is 0. The Morgan fingerprint density at radius 1 is 1.27 bits per heavy atom. The summed E-state index contributed by atoms with van der Waals surface area (Å²) in [5.41, 5.74) is 2.02. The topological polar surface area (TPSA) is 53.1 Å². The first kappa shape index (κ1) is 15.5. The molecule has 3 nitrogen and oxygen atoms in total. The predicted octanol–water partition coefficient (Wildman–Crippen LogP) is 5.74. The van der Waals surface area contributed by atoms with Crippen LogP contribution in [0.2, 0.25) is 5.02 Å². The molecule has 0 aliphatic rings. The maximum atomic E-state index is 11.2. The van der Waals surface area contributed by atoms with Crippen molar-refractivity contribution in [1.29, 1.82) is 0 Å². The van der Waals surface area contributed by atoms with Crippen molar-refractivity contribution in [2.45, 2.75) is 16.7 Å². The maximum Gasteiger partial charge on any atom is 0.352 e. The van der Waals surface area contributed by atoms with Crippen molar-refractivity contribution in [3.63, 3.8) is 0 Å². The van der Waals surface area contributed by atoms with Crippen molar-refractivity contribution in [2.75, 3.05) is 0 Å². The molecule has 2 aromatic carbocycles. The van der Waals surface area contributed by atoms with E-state index in [-0.39, 0.29) is 5.69 Å². The fourth-order valence-electron chi connectivity index (χ4n) is 2.19. The van der Waals surface area contributed by atoms with Crippen molar-refractivity contribution in [2.24, 2.45) is 0 Å². The van der Waals surface area contributed by atoms with E-state index < -0.39 is 5.97 Å². The third-order valence-electron chi connectivity index (χ3n) is 3.27. The number of aromatic nitrogens is 1. The van der Waals surface area contributed by atoms with Crippen molar-refractivity contribution in [3.05, 3.63) is 57.2 Å². The second-order valence-electron chi connectivity index (χ2n) is 4.84. The number of aromatic amines is 1. The summed E-state index contributed by atoms with van der Waals surface area (Å²) in [6, 6.07) is 11.3. The number of fused-ring (bicyclic) bond motifs is 1. The summed E-state index contributed by atoms with van der Waals surface area (Å²) in [6.45, 7) is 1.98. The van der Waals surface area contributed by atoms with Crippen LogP contribution in [0, 0.1) is 6.92 Å². The molecule has 0 spiro atoms. The molecule has 0 bridgehead atoms. The number of carboxylic acid groups (broad SMARTS) is 1. The van der Waals surface area contributed by atoms with Crippen LogP contribution in [-0.4, -0.2) is 16.1 Å². The Labute approximate surface area is 144 Å². The molecule has 0 saturated heterocycles. The molecule has 22 heavy (non-hydrogen) atoms. The van der Waals surface area contributed by atoms with Gasteiger partial charge in [-0.1, -0.05) is 23.4 Å². The van der Waals surface area contributed by atoms with E-state index >= 15 is 0 Å². The van der Waals surface area contributed by atoms with Gasteiger partial charge in [0.1, 0.15) is 5.69 Å². The fourth-order valence-corrected chi connectivity index (χ4v) is 3.77. The lowest BCUT2D eigenvalue weighted by atomic mass is 10.2. The quantitative estimate of drug-likeness (QED) is 0.593. The molecule has 0 radical (unpaired) electrons. The molecular weight excluding hydrogens is 386 g/mol. The molecule has 2 N–H and O–H groups in total. The number of benzene rings is 2. The van der Waals surface area contributed by atoms with Gasteiger partial charge in [-0.3, -0.25) is 0 Å². The normalized spacial score (nSPS) is 11.0. The van der Waals surface area contributed by atoms with Crippen molar-refractivity contribution < 1.29 is 9.90 Å². The van der Waals surface area contributed by atoms with Crippen LogP contribution in [0.3, 0.4) is 0 Å². The van der Waals surface area contributed by atoms with E-state index in [2.05, 4.69) is 20.9 Å². The Balaban J connectivity index is 2.14. The van der Waals surface area contributed by atoms with E-state index in [9.17, 15) is 9.90 Å². The summed E-state index contributed by atoms with van der Waals surface area (Å²) in [5, 5.41) is 10.8. The van der Waals surface area contributed by atoms with Gasteiger partial charge in [-0.05, 0) is 64.8 Å². The SMILES string of the molecule is Cc1cc(Sc2ccc(Cl)cc2)c2cc(C(=O)O)[nH]c2c1Br. The molecule has 3 rings (SSSR count). The van der Waals surface area contributed by atoms with E-state index in [4.69, 9.17) is 11.6 Å². The van der Waals surface area contributed by atoms with Gasteiger partial charge in [0.05, 0.1) is 5.52 Å². The summed E-state index contributed by atoms with van der Waals surface area (Å²) >= 11 is 11.0. The smallest absolute Gasteiger partial charge is 0.352 e. The average molecular weight is 397 g/mol. The van der Waals surface area contributed by atoms with Crippen LogP contribution in [0.25, 0.3) is 10.9 Å². The highest BCUT2D eigenvalue weighted by Crippen LogP contribution is 2.39. The van der Waals surface area contributed by atoms with Crippen molar-refractivity contribution in [3.8, 4) is 0 Å². The van der Waals surface area contributed by atoms with Gasteiger partial charge in [-0.25, -0.2) is 4.79 Å². The fraction of sp³-hybridized carbons (Fsp3) is 0.0625. The number of carboxylic acids is 1. The van der Waals surface area contributed by atoms with Crippen molar-refractivity contribution >= 4 is 56.2 Å². The maximum absolute atomic E-state index is 11.2. The number of hydrogen-bond donors (Lipinski definition) is 2. The Kier molecular flexibility index (Phi) is 4.21. The zero-order valence-corrected chi connectivity index (χ0v) is 14.6. The van der Waals surface area contributed by atoms with Crippen LogP contribution in [0.1, 0.15) is 16.1 Å². The van der Waals surface area contributed by atoms with Crippen LogP contribution in [0.15, 0.2) is 50.7 Å². The number of rotatable bonds is 3. The minimum absolute atomic E-state index is 0.180. The molecule has 0 atom stereocenters. The van der Waals surface area contributed by atoms with Crippen LogP contribution in [0.5, 0.6) is 0 Å². The molecule has 3 aromatic rings. The number of carbonyl (C=O) groups is 1. The third kappa shape index (κ3) is 2.89. The highest BCUT2D eigenvalue weighted by molar-refractivity contribution is 9.10. The molecular formula is C16H11BrClNO2S. The Hall–Kier alpha value is -1.43. The van der Waals surface area contributed by atoms with Gasteiger partial charge < -0.3 is 10.1 Å². The van der Waals surface area contributed by atoms with E-state index in [0.717, 1.165) is 30.7 Å². The summed E-state index contributed by atoms with van der Waals surface area (Å²) in [7, 11) is 0. The zero-order chi connectivity index (χ0) is 15.9. The number of hydrogen-bond acceptors (Lipinski definition) is 2. The summed E-state index contributed by atoms with van der Waals surface area (Å²) in [5.74, 6) is -0.969. The van der Waals surface area contributed by atoms with Gasteiger partial charge in [0, 0.05) is 24.7 Å². The average Bonchev–Trinajstić information content (AvgIpc) is 2.93. The Morgan fingerprint density at radius 2 is 1.95 bits per heavy atom. The van der Waals surface area contributed by atoms with E-state index in [1.165, 1.54) is 0 Å². The van der Waals surface area contributed by atoms with Crippen LogP contribution in [-0.2, 0) is 0 Å². The lowest BCUT2D eigenvalue weighted by molar-refractivity contribution is 0.0691. The molecule has 0 saturated carbocycles. The standard InChI is InChI=1S/C16H11BrClNO2S/c1-8-6-13(22-10-4-2-9(18)3-5-10)11-7-12(16(20)21)19-15(11)14(8)17/h2-7,19H,1H3,(H,20,21). The molecule has 112 valence electrons. The number of aryl methyl sites for hydroxylation is 1. The molecule has 1 heterocycles. The van der Waals surface area contributed by atoms with E-state index in [1.54, 1.807) is 17.8 Å². The highest BCUT2D eigenvalue weighted by Gasteiger charge is 2.15. The minimum Gasteiger partial charge on any atom is -0.477 e. The van der Waals surface area contributed by atoms with Gasteiger partial charge in [-0.2, -0.15) is 0 Å². The molecule has 6 heteroatoms. The zero-order valence-electron chi connectivity index (χ0n) is 11.5. The first-order valence-corrected chi connectivity index (χ1v) is 8.43. The summed E-state index contributed by atoms with van der Waals surface area (Å²) in [4.78, 5) is 16.2. The largest absolute Gasteiger partial charge is 0.477 e. The van der Waals surface area contributed by atoms with Gasteiger partial charge in [0.15, 0.2) is 0 Å². The first-order valence-electron chi connectivity index (χ1n) is 6.44. The second kappa shape index (κ2) is 5.99. The van der Waals surface area contributed by atoms with E-state index in [0.29, 0.717) is 5.02 Å². The second-order valence-corrected chi connectivity index (χ2v) is 7.18. The number of nitrogens with one attached hydrogen (secondary N) is 1. The third-order valence-corrected chi connectivity index (χ3v) is 5.61. The Morgan fingerprint density at radius 3 is 2.59 bits per heavy atom. The molecule has 0 unspecified atom stereocenters. The monoisotopic (exact) mass is 395 g/mol. The number of H-pyrrole nitrogens is 1. The summed E-state index contributed by atoms with van der Waals surface area (Å²) < 4.78 is 0.885. The lowest BCUT2D eigenvalue weighted by Gasteiger charge is -2.07. The minimum atomic E-state index is -0.969. The predicted molar refractivity (Wildman–Crippen MR) is 93.3 cm³/mol. The molecule has 0 fully saturated rings. The van der Waals surface area contributed by atoms with Crippen LogP contribution < -0.4 is 0 Å². The Bertz CT molecular complexity index is 874. The van der Waals surface area contributed by atoms with E-state index in [1.807, 2.05) is 37.3 Å². The highest BCUT2D eigenvalue weighted by atomic mass is 79.9. The van der Waals surface area contributed by atoms with Gasteiger partial charge in [-0.15, -0.1) is 0 Å². The van der Waals surface area contributed by atoms with Crippen molar-refractivity contribution in [1.82, 2.24) is 4.98 Å². The van der Waals surface area contributed by atoms with Crippen LogP contribution in [0.4, 0.5) is 0 Å². The molecule has 0 amide bonds. The molecule has 0 aliphatic heterocycles. The van der Waals surface area contributed by atoms with Gasteiger partial charge in [0.25, 0.3) is 0 Å². The van der Waals surface area contributed by atoms with Gasteiger partial charge >= 0.3 is 5.97 Å². The lowest BCUT2D eigenvalue weighted by Crippen LogP contribution is -1.94. The molecule has 1 aromatic heterocycles. The van der Waals surface area contributed by atoms with Crippen LogP contribution >= 0.6 is 39.3 Å².